The van der Waals surface area contributed by atoms with Gasteiger partial charge in [-0.15, -0.1) is 0 Å². The molecule has 0 aromatic heterocycles. The van der Waals surface area contributed by atoms with Crippen LogP contribution in [0.1, 0.15) is 12.5 Å². The Kier molecular flexibility index (Phi) is 4.03. The van der Waals surface area contributed by atoms with Crippen LogP contribution >= 0.6 is 0 Å². The predicted molar refractivity (Wildman–Crippen MR) is 56.1 cm³/mol. The van der Waals surface area contributed by atoms with E-state index < -0.39 is 11.6 Å². The smallest absolute Gasteiger partial charge is 0.152 e. The first-order valence-corrected chi connectivity index (χ1v) is 4.76. The first-order chi connectivity index (χ1) is 7.06. The molecule has 0 saturated carbocycles. The number of methoxy groups -OCH3 is 1. The molecule has 0 aliphatic rings. The Morgan fingerprint density at radius 3 is 2.67 bits per heavy atom. The fourth-order valence-corrected chi connectivity index (χ4v) is 1.33. The highest BCUT2D eigenvalue weighted by molar-refractivity contribution is 5.49. The van der Waals surface area contributed by atoms with Gasteiger partial charge >= 0.3 is 0 Å². The highest BCUT2D eigenvalue weighted by Gasteiger charge is 2.13. The van der Waals surface area contributed by atoms with E-state index in [-0.39, 0.29) is 11.7 Å². The second kappa shape index (κ2) is 5.07. The summed E-state index contributed by atoms with van der Waals surface area (Å²) in [7, 11) is 1.54. The number of aryl methyl sites for hydroxylation is 1. The Hall–Kier alpha value is -1.16. The van der Waals surface area contributed by atoms with Crippen LogP contribution in [0.25, 0.3) is 0 Å². The monoisotopic (exact) mass is 215 g/mol. The molecule has 0 radical (unpaired) electrons. The van der Waals surface area contributed by atoms with E-state index >= 15 is 0 Å². The largest absolute Gasteiger partial charge is 0.383 e. The molecular formula is C11H15F2NO. The highest BCUT2D eigenvalue weighted by atomic mass is 19.1. The first kappa shape index (κ1) is 11.9. The number of hydrogen-bond acceptors (Lipinski definition) is 2. The fourth-order valence-electron chi connectivity index (χ4n) is 1.33. The van der Waals surface area contributed by atoms with Gasteiger partial charge in [0.05, 0.1) is 6.61 Å². The molecule has 0 amide bonds. The van der Waals surface area contributed by atoms with Crippen LogP contribution in [0.2, 0.25) is 0 Å². The van der Waals surface area contributed by atoms with E-state index in [9.17, 15) is 8.78 Å². The van der Waals surface area contributed by atoms with Crippen LogP contribution in [-0.4, -0.2) is 19.8 Å². The third kappa shape index (κ3) is 2.89. The zero-order valence-corrected chi connectivity index (χ0v) is 9.10. The molecule has 0 fully saturated rings. The standard InChI is InChI=1S/C11H15F2NO/c1-7-4-5-9(12)11(10(7)13)14-8(2)6-15-3/h4-5,8,14H,6H2,1-3H3. The van der Waals surface area contributed by atoms with Crippen LogP contribution in [0.4, 0.5) is 14.5 Å². The van der Waals surface area contributed by atoms with E-state index in [2.05, 4.69) is 5.32 Å². The molecule has 0 aliphatic heterocycles. The molecule has 15 heavy (non-hydrogen) atoms. The zero-order chi connectivity index (χ0) is 11.4. The minimum Gasteiger partial charge on any atom is -0.383 e. The van der Waals surface area contributed by atoms with Crippen molar-refractivity contribution < 1.29 is 13.5 Å². The summed E-state index contributed by atoms with van der Waals surface area (Å²) in [5.41, 5.74) is 0.336. The molecule has 4 heteroatoms. The Bertz CT molecular complexity index is 342. The number of hydrogen-bond donors (Lipinski definition) is 1. The van der Waals surface area contributed by atoms with E-state index in [4.69, 9.17) is 4.74 Å². The topological polar surface area (TPSA) is 21.3 Å². The van der Waals surface area contributed by atoms with Crippen LogP contribution < -0.4 is 5.32 Å². The molecule has 1 unspecified atom stereocenters. The molecule has 2 nitrogen and oxygen atoms in total. The van der Waals surface area contributed by atoms with Gasteiger partial charge in [-0.05, 0) is 25.5 Å². The van der Waals surface area contributed by atoms with Crippen molar-refractivity contribution in [2.45, 2.75) is 19.9 Å². The summed E-state index contributed by atoms with van der Waals surface area (Å²) in [6.45, 7) is 3.79. The van der Waals surface area contributed by atoms with Gasteiger partial charge in [0.1, 0.15) is 11.5 Å². The third-order valence-electron chi connectivity index (χ3n) is 2.09. The second-order valence-corrected chi connectivity index (χ2v) is 3.55. The molecule has 1 rings (SSSR count). The van der Waals surface area contributed by atoms with Gasteiger partial charge in [0, 0.05) is 13.2 Å². The summed E-state index contributed by atoms with van der Waals surface area (Å²) >= 11 is 0. The Morgan fingerprint density at radius 2 is 2.07 bits per heavy atom. The maximum atomic E-state index is 13.5. The van der Waals surface area contributed by atoms with Gasteiger partial charge in [-0.2, -0.15) is 0 Å². The lowest BCUT2D eigenvalue weighted by Crippen LogP contribution is -2.22. The number of anilines is 1. The summed E-state index contributed by atoms with van der Waals surface area (Å²) < 4.78 is 31.7. The molecular weight excluding hydrogens is 200 g/mol. The molecule has 0 heterocycles. The summed E-state index contributed by atoms with van der Waals surface area (Å²) in [5, 5.41) is 2.75. The summed E-state index contributed by atoms with van der Waals surface area (Å²) in [4.78, 5) is 0. The molecule has 84 valence electrons. The number of rotatable bonds is 4. The maximum Gasteiger partial charge on any atom is 0.152 e. The predicted octanol–water partition coefficient (Wildman–Crippen LogP) is 2.72. The van der Waals surface area contributed by atoms with Gasteiger partial charge in [0.15, 0.2) is 5.82 Å². The lowest BCUT2D eigenvalue weighted by Gasteiger charge is -2.16. The van der Waals surface area contributed by atoms with Crippen LogP contribution in [0.3, 0.4) is 0 Å². The third-order valence-corrected chi connectivity index (χ3v) is 2.09. The van der Waals surface area contributed by atoms with E-state index in [1.807, 2.05) is 0 Å². The lowest BCUT2D eigenvalue weighted by molar-refractivity contribution is 0.190. The Morgan fingerprint density at radius 1 is 1.40 bits per heavy atom. The molecule has 1 aromatic rings. The fraction of sp³-hybridized carbons (Fsp3) is 0.455. The zero-order valence-electron chi connectivity index (χ0n) is 9.10. The summed E-state index contributed by atoms with van der Waals surface area (Å²) in [6, 6.07) is 2.53. The van der Waals surface area contributed by atoms with Crippen molar-refractivity contribution in [3.05, 3.63) is 29.3 Å². The molecule has 0 spiro atoms. The van der Waals surface area contributed by atoms with Crippen molar-refractivity contribution in [2.75, 3.05) is 19.0 Å². The van der Waals surface area contributed by atoms with Crippen molar-refractivity contribution in [1.82, 2.24) is 0 Å². The first-order valence-electron chi connectivity index (χ1n) is 4.76. The number of ether oxygens (including phenoxy) is 1. The normalized spacial score (nSPS) is 12.6. The van der Waals surface area contributed by atoms with Crippen molar-refractivity contribution >= 4 is 5.69 Å². The van der Waals surface area contributed by atoms with E-state index in [1.54, 1.807) is 21.0 Å². The van der Waals surface area contributed by atoms with Crippen LogP contribution in [-0.2, 0) is 4.74 Å². The molecule has 0 aliphatic carbocycles. The van der Waals surface area contributed by atoms with Crippen LogP contribution in [0, 0.1) is 18.6 Å². The summed E-state index contributed by atoms with van der Waals surface area (Å²) in [6.07, 6.45) is 0. The molecule has 1 aromatic carbocycles. The van der Waals surface area contributed by atoms with E-state index in [0.29, 0.717) is 12.2 Å². The maximum absolute atomic E-state index is 13.5. The Labute approximate surface area is 88.3 Å². The van der Waals surface area contributed by atoms with Crippen molar-refractivity contribution in [2.24, 2.45) is 0 Å². The van der Waals surface area contributed by atoms with Crippen molar-refractivity contribution in [1.29, 1.82) is 0 Å². The Balaban J connectivity index is 2.88. The van der Waals surface area contributed by atoms with Gasteiger partial charge in [-0.1, -0.05) is 6.07 Å². The molecule has 0 bridgehead atoms. The average Bonchev–Trinajstić information content (AvgIpc) is 2.19. The minimum absolute atomic E-state index is 0.0837. The second-order valence-electron chi connectivity index (χ2n) is 3.55. The van der Waals surface area contributed by atoms with Crippen LogP contribution in [0.15, 0.2) is 12.1 Å². The van der Waals surface area contributed by atoms with E-state index in [1.165, 1.54) is 12.1 Å². The van der Waals surface area contributed by atoms with Gasteiger partial charge in [-0.3, -0.25) is 0 Å². The average molecular weight is 215 g/mol. The number of nitrogens with one attached hydrogen (secondary N) is 1. The van der Waals surface area contributed by atoms with Crippen molar-refractivity contribution in [3.63, 3.8) is 0 Å². The minimum atomic E-state index is -0.582. The SMILES string of the molecule is COCC(C)Nc1c(F)ccc(C)c1F. The highest BCUT2D eigenvalue weighted by Crippen LogP contribution is 2.22. The van der Waals surface area contributed by atoms with Gasteiger partial charge in [0.2, 0.25) is 0 Å². The molecule has 1 atom stereocenters. The lowest BCUT2D eigenvalue weighted by atomic mass is 10.2. The number of halogens is 2. The molecule has 0 saturated heterocycles. The van der Waals surface area contributed by atoms with Gasteiger partial charge in [-0.25, -0.2) is 8.78 Å². The summed E-state index contributed by atoms with van der Waals surface area (Å²) in [5.74, 6) is -1.13. The number of benzene rings is 1. The van der Waals surface area contributed by atoms with E-state index in [0.717, 1.165) is 0 Å². The van der Waals surface area contributed by atoms with Gasteiger partial charge < -0.3 is 10.1 Å². The molecule has 1 N–H and O–H groups in total. The van der Waals surface area contributed by atoms with Crippen LogP contribution in [0.5, 0.6) is 0 Å². The quantitative estimate of drug-likeness (QED) is 0.833. The van der Waals surface area contributed by atoms with Crippen molar-refractivity contribution in [3.8, 4) is 0 Å². The van der Waals surface area contributed by atoms with Gasteiger partial charge in [0.25, 0.3) is 0 Å².